The fourth-order valence-corrected chi connectivity index (χ4v) is 2.18. The summed E-state index contributed by atoms with van der Waals surface area (Å²) >= 11 is 0. The van der Waals surface area contributed by atoms with Crippen molar-refractivity contribution in [2.75, 3.05) is 0 Å². The van der Waals surface area contributed by atoms with Crippen molar-refractivity contribution >= 4 is 11.0 Å². The lowest BCUT2D eigenvalue weighted by Gasteiger charge is -2.22. The second-order valence-electron chi connectivity index (χ2n) is 4.92. The van der Waals surface area contributed by atoms with Crippen LogP contribution < -0.4 is 4.72 Å². The van der Waals surface area contributed by atoms with Gasteiger partial charge in [0.1, 0.15) is 0 Å². The number of rotatable bonds is 3. The molecule has 2 unspecified atom stereocenters. The molecule has 0 saturated carbocycles. The van der Waals surface area contributed by atoms with Gasteiger partial charge in [0, 0.05) is 6.04 Å². The predicted molar refractivity (Wildman–Crippen MR) is 70.6 cm³/mol. The topological polar surface area (TPSA) is 52.9 Å². The fraction of sp³-hybridized carbons (Fsp3) is 0.462. The van der Waals surface area contributed by atoms with E-state index in [-0.39, 0.29) is 10.8 Å². The lowest BCUT2D eigenvalue weighted by Crippen LogP contribution is -2.35. The Bertz CT molecular complexity index is 457. The summed E-state index contributed by atoms with van der Waals surface area (Å²) in [6.07, 6.45) is 0. The molecular weight excluding hydrogens is 232 g/mol. The maximum absolute atomic E-state index is 12.0. The molecule has 0 fully saturated rings. The van der Waals surface area contributed by atoms with E-state index >= 15 is 0 Å². The van der Waals surface area contributed by atoms with Crippen molar-refractivity contribution < 1.29 is 4.21 Å². The molecular formula is C13H18N2OS. The minimum atomic E-state index is -1.14. The molecule has 1 N–H and O–H groups in total. The normalized spacial score (nSPS) is 15.0. The maximum Gasteiger partial charge on any atom is 0.0995 e. The smallest absolute Gasteiger partial charge is 0.0995 e. The first-order valence-corrected chi connectivity index (χ1v) is 6.68. The van der Waals surface area contributed by atoms with Crippen LogP contribution in [0.2, 0.25) is 0 Å². The summed E-state index contributed by atoms with van der Waals surface area (Å²) in [6, 6.07) is 9.41. The Morgan fingerprint density at radius 2 is 1.94 bits per heavy atom. The number of nitrogens with one attached hydrogen (secondary N) is 1. The van der Waals surface area contributed by atoms with E-state index in [4.69, 9.17) is 5.26 Å². The van der Waals surface area contributed by atoms with Crippen LogP contribution >= 0.6 is 0 Å². The molecule has 0 amide bonds. The minimum absolute atomic E-state index is 0.106. The number of nitriles is 1. The van der Waals surface area contributed by atoms with E-state index in [0.717, 1.165) is 5.56 Å². The molecule has 0 radical (unpaired) electrons. The highest BCUT2D eigenvalue weighted by molar-refractivity contribution is 7.84. The summed E-state index contributed by atoms with van der Waals surface area (Å²) in [5.74, 6) is 0. The number of nitrogens with zero attached hydrogens (tertiary/aromatic N) is 1. The monoisotopic (exact) mass is 250 g/mol. The molecule has 17 heavy (non-hydrogen) atoms. The predicted octanol–water partition coefficient (Wildman–Crippen LogP) is 2.67. The van der Waals surface area contributed by atoms with Crippen LogP contribution in [0.3, 0.4) is 0 Å². The van der Waals surface area contributed by atoms with Gasteiger partial charge in [0.2, 0.25) is 0 Å². The van der Waals surface area contributed by atoms with Crippen LogP contribution in [-0.4, -0.2) is 8.96 Å². The van der Waals surface area contributed by atoms with Gasteiger partial charge >= 0.3 is 0 Å². The van der Waals surface area contributed by atoms with Gasteiger partial charge in [-0.15, -0.1) is 0 Å². The minimum Gasteiger partial charge on any atom is -0.242 e. The molecule has 0 heterocycles. The van der Waals surface area contributed by atoms with Crippen molar-refractivity contribution in [2.24, 2.45) is 0 Å². The molecule has 2 atom stereocenters. The third-order valence-electron chi connectivity index (χ3n) is 2.39. The lowest BCUT2D eigenvalue weighted by molar-refractivity contribution is 0.616. The van der Waals surface area contributed by atoms with Gasteiger partial charge in [-0.3, -0.25) is 0 Å². The van der Waals surface area contributed by atoms with Crippen LogP contribution in [0.4, 0.5) is 0 Å². The van der Waals surface area contributed by atoms with Gasteiger partial charge in [-0.05, 0) is 39.3 Å². The number of hydrogen-bond acceptors (Lipinski definition) is 2. The molecule has 0 bridgehead atoms. The largest absolute Gasteiger partial charge is 0.242 e. The Hall–Kier alpha value is -1.18. The molecule has 1 aromatic carbocycles. The summed E-state index contributed by atoms with van der Waals surface area (Å²) < 4.78 is 14.7. The van der Waals surface area contributed by atoms with Crippen LogP contribution in [0.1, 0.15) is 44.9 Å². The fourth-order valence-electron chi connectivity index (χ4n) is 1.38. The van der Waals surface area contributed by atoms with E-state index in [0.29, 0.717) is 5.56 Å². The lowest BCUT2D eigenvalue weighted by atomic mass is 10.0. The number of hydrogen-bond donors (Lipinski definition) is 1. The van der Waals surface area contributed by atoms with Crippen LogP contribution in [0.25, 0.3) is 0 Å². The molecule has 0 aromatic heterocycles. The SMILES string of the molecule is CC(NS(=O)C(C)(C)C)c1ccccc1C#N. The molecule has 3 nitrogen and oxygen atoms in total. The first kappa shape index (κ1) is 13.9. The zero-order valence-corrected chi connectivity index (χ0v) is 11.5. The first-order valence-electron chi connectivity index (χ1n) is 5.53. The van der Waals surface area contributed by atoms with Gasteiger partial charge in [-0.1, -0.05) is 18.2 Å². The molecule has 0 aliphatic heterocycles. The standard InChI is InChI=1S/C13H18N2OS/c1-10(15-17(16)13(2,3)4)12-8-6-5-7-11(12)9-14/h5-8,10,15H,1-4H3. The molecule has 4 heteroatoms. The van der Waals surface area contributed by atoms with Crippen molar-refractivity contribution in [3.63, 3.8) is 0 Å². The highest BCUT2D eigenvalue weighted by atomic mass is 32.2. The van der Waals surface area contributed by atoms with E-state index in [9.17, 15) is 4.21 Å². The van der Waals surface area contributed by atoms with Gasteiger partial charge in [0.25, 0.3) is 0 Å². The van der Waals surface area contributed by atoms with Crippen molar-refractivity contribution in [3.05, 3.63) is 35.4 Å². The average Bonchev–Trinajstić information content (AvgIpc) is 2.27. The van der Waals surface area contributed by atoms with Gasteiger partial charge < -0.3 is 0 Å². The Labute approximate surface area is 105 Å². The Morgan fingerprint density at radius 3 is 2.47 bits per heavy atom. The van der Waals surface area contributed by atoms with Crippen molar-refractivity contribution in [1.82, 2.24) is 4.72 Å². The molecule has 1 rings (SSSR count). The summed E-state index contributed by atoms with van der Waals surface area (Å²) in [4.78, 5) is 0. The van der Waals surface area contributed by atoms with E-state index in [1.807, 2.05) is 45.9 Å². The zero-order chi connectivity index (χ0) is 13.1. The van der Waals surface area contributed by atoms with Crippen molar-refractivity contribution in [3.8, 4) is 6.07 Å². The Morgan fingerprint density at radius 1 is 1.35 bits per heavy atom. The Balaban J connectivity index is 2.88. The Kier molecular flexibility index (Phi) is 4.44. The van der Waals surface area contributed by atoms with Gasteiger partial charge in [-0.25, -0.2) is 8.93 Å². The maximum atomic E-state index is 12.0. The summed E-state index contributed by atoms with van der Waals surface area (Å²) in [5, 5.41) is 9.01. The summed E-state index contributed by atoms with van der Waals surface area (Å²) in [6.45, 7) is 7.66. The molecule has 0 aliphatic carbocycles. The van der Waals surface area contributed by atoms with Gasteiger partial charge in [-0.2, -0.15) is 5.26 Å². The van der Waals surface area contributed by atoms with Crippen molar-refractivity contribution in [2.45, 2.75) is 38.5 Å². The second-order valence-corrected chi connectivity index (χ2v) is 6.92. The van der Waals surface area contributed by atoms with Crippen LogP contribution in [-0.2, 0) is 11.0 Å². The molecule has 0 aliphatic rings. The third kappa shape index (κ3) is 3.65. The molecule has 0 spiro atoms. The van der Waals surface area contributed by atoms with E-state index in [1.54, 1.807) is 6.07 Å². The van der Waals surface area contributed by atoms with Crippen LogP contribution in [0, 0.1) is 11.3 Å². The molecule has 92 valence electrons. The summed E-state index contributed by atoms with van der Waals surface area (Å²) in [5.41, 5.74) is 1.51. The van der Waals surface area contributed by atoms with Crippen LogP contribution in [0.15, 0.2) is 24.3 Å². The number of benzene rings is 1. The van der Waals surface area contributed by atoms with Crippen molar-refractivity contribution in [1.29, 1.82) is 5.26 Å². The molecule has 0 saturated heterocycles. The van der Waals surface area contributed by atoms with E-state index < -0.39 is 11.0 Å². The average molecular weight is 250 g/mol. The highest BCUT2D eigenvalue weighted by Crippen LogP contribution is 2.19. The quantitative estimate of drug-likeness (QED) is 0.896. The van der Waals surface area contributed by atoms with Gasteiger partial charge in [0.15, 0.2) is 0 Å². The first-order chi connectivity index (χ1) is 7.86. The van der Waals surface area contributed by atoms with Crippen LogP contribution in [0.5, 0.6) is 0 Å². The summed E-state index contributed by atoms with van der Waals surface area (Å²) in [7, 11) is -1.14. The second kappa shape index (κ2) is 5.44. The van der Waals surface area contributed by atoms with E-state index in [1.165, 1.54) is 0 Å². The zero-order valence-electron chi connectivity index (χ0n) is 10.7. The molecule has 1 aromatic rings. The highest BCUT2D eigenvalue weighted by Gasteiger charge is 2.22. The third-order valence-corrected chi connectivity index (χ3v) is 4.07. The van der Waals surface area contributed by atoms with E-state index in [2.05, 4.69) is 10.8 Å². The van der Waals surface area contributed by atoms with Gasteiger partial charge in [0.05, 0.1) is 27.4 Å².